The summed E-state index contributed by atoms with van der Waals surface area (Å²) < 4.78 is 1.95. The number of thioether (sulfide) groups is 1. The first kappa shape index (κ1) is 15.9. The van der Waals surface area contributed by atoms with Crippen LogP contribution in [0.25, 0.3) is 17.1 Å². The molecule has 4 rings (SSSR count). The normalized spacial score (nSPS) is 17.6. The van der Waals surface area contributed by atoms with Crippen LogP contribution in [-0.2, 0) is 11.8 Å². The minimum Gasteiger partial charge on any atom is -0.334 e. The quantitative estimate of drug-likeness (QED) is 0.692. The van der Waals surface area contributed by atoms with Gasteiger partial charge in [-0.2, -0.15) is 0 Å². The highest BCUT2D eigenvalue weighted by molar-refractivity contribution is 8.18. The lowest BCUT2D eigenvalue weighted by atomic mass is 10.2. The van der Waals surface area contributed by atoms with Crippen LogP contribution in [0.5, 0.6) is 0 Å². The van der Waals surface area contributed by atoms with Crippen LogP contribution in [-0.4, -0.2) is 20.6 Å². The fourth-order valence-corrected chi connectivity index (χ4v) is 3.53. The molecule has 0 saturated carbocycles. The van der Waals surface area contributed by atoms with E-state index >= 15 is 0 Å². The zero-order valence-corrected chi connectivity index (χ0v) is 14.8. The molecule has 1 amide bonds. The molecule has 0 aliphatic carbocycles. The number of rotatable bonds is 2. The Hall–Kier alpha value is -2.57. The minimum absolute atomic E-state index is 0.166. The molecule has 5 nitrogen and oxygen atoms in total. The number of aryl methyl sites for hydroxylation is 1. The monoisotopic (exact) mass is 368 g/mol. The second-order valence-electron chi connectivity index (χ2n) is 5.54. The average molecular weight is 369 g/mol. The van der Waals surface area contributed by atoms with Gasteiger partial charge in [0.1, 0.15) is 0 Å². The molecule has 1 fully saturated rings. The molecule has 1 aliphatic rings. The highest BCUT2D eigenvalue weighted by Crippen LogP contribution is 2.31. The van der Waals surface area contributed by atoms with E-state index in [9.17, 15) is 4.79 Å². The molecular weight excluding hydrogens is 356 g/mol. The summed E-state index contributed by atoms with van der Waals surface area (Å²) in [6, 6.07) is 13.2. The molecule has 0 spiro atoms. The summed E-state index contributed by atoms with van der Waals surface area (Å²) in [6.45, 7) is 0. The fraction of sp³-hybridized carbons (Fsp3) is 0.0556. The lowest BCUT2D eigenvalue weighted by molar-refractivity contribution is -0.115. The highest BCUT2D eigenvalue weighted by atomic mass is 35.5. The number of para-hydroxylation sites is 1. The Labute approximate surface area is 153 Å². The second-order valence-corrected chi connectivity index (χ2v) is 6.97. The number of amides is 1. The molecule has 124 valence electrons. The fourth-order valence-electron chi connectivity index (χ4n) is 2.52. The van der Waals surface area contributed by atoms with Gasteiger partial charge in [0.25, 0.3) is 5.91 Å². The van der Waals surface area contributed by atoms with E-state index in [1.807, 2.05) is 48.0 Å². The predicted molar refractivity (Wildman–Crippen MR) is 103 cm³/mol. The number of fused-ring (bicyclic) bond motifs is 1. The third kappa shape index (κ3) is 3.18. The number of aromatic nitrogens is 2. The maximum absolute atomic E-state index is 12.2. The summed E-state index contributed by atoms with van der Waals surface area (Å²) in [5.41, 5.74) is 3.51. The van der Waals surface area contributed by atoms with Gasteiger partial charge in [0.2, 0.25) is 0 Å². The summed E-state index contributed by atoms with van der Waals surface area (Å²) >= 11 is 7.41. The van der Waals surface area contributed by atoms with Crippen LogP contribution in [0.15, 0.2) is 58.7 Å². The van der Waals surface area contributed by atoms with E-state index in [0.29, 0.717) is 20.8 Å². The van der Waals surface area contributed by atoms with Crippen LogP contribution < -0.4 is 5.32 Å². The summed E-state index contributed by atoms with van der Waals surface area (Å²) in [4.78, 5) is 21.5. The van der Waals surface area contributed by atoms with Crippen molar-refractivity contribution in [1.82, 2.24) is 14.9 Å². The topological polar surface area (TPSA) is 59.3 Å². The maximum atomic E-state index is 12.2. The smallest absolute Gasteiger partial charge is 0.264 e. The van der Waals surface area contributed by atoms with Crippen molar-refractivity contribution in [1.29, 1.82) is 0 Å². The zero-order chi connectivity index (χ0) is 17.4. The molecule has 2 heterocycles. The molecule has 1 aliphatic heterocycles. The Kier molecular flexibility index (Phi) is 4.07. The van der Waals surface area contributed by atoms with Gasteiger partial charge < -0.3 is 9.88 Å². The number of hydrogen-bond acceptors (Lipinski definition) is 4. The maximum Gasteiger partial charge on any atom is 0.264 e. The molecule has 3 aromatic rings. The number of carbonyl (C=O) groups is 1. The largest absolute Gasteiger partial charge is 0.334 e. The molecule has 0 bridgehead atoms. The number of carbonyl (C=O) groups excluding carboxylic acids is 1. The summed E-state index contributed by atoms with van der Waals surface area (Å²) in [5, 5.41) is 3.84. The van der Waals surface area contributed by atoms with E-state index in [0.717, 1.165) is 16.6 Å². The van der Waals surface area contributed by atoms with Gasteiger partial charge in [-0.1, -0.05) is 29.8 Å². The molecule has 25 heavy (non-hydrogen) atoms. The molecule has 0 radical (unpaired) electrons. The van der Waals surface area contributed by atoms with Crippen molar-refractivity contribution in [3.63, 3.8) is 0 Å². The van der Waals surface area contributed by atoms with Crippen molar-refractivity contribution in [3.05, 3.63) is 64.3 Å². The van der Waals surface area contributed by atoms with Gasteiger partial charge in [-0.25, -0.2) is 9.98 Å². The first-order valence-electron chi connectivity index (χ1n) is 7.55. The molecule has 7 heteroatoms. The van der Waals surface area contributed by atoms with Crippen molar-refractivity contribution in [2.45, 2.75) is 0 Å². The molecule has 0 unspecified atom stereocenters. The Balaban J connectivity index is 1.64. The van der Waals surface area contributed by atoms with E-state index in [1.54, 1.807) is 18.5 Å². The Morgan fingerprint density at radius 2 is 2.12 bits per heavy atom. The van der Waals surface area contributed by atoms with Gasteiger partial charge in [-0.15, -0.1) is 0 Å². The molecule has 1 saturated heterocycles. The first-order chi connectivity index (χ1) is 12.1. The highest BCUT2D eigenvalue weighted by Gasteiger charge is 2.24. The first-order valence-corrected chi connectivity index (χ1v) is 8.75. The number of nitrogens with one attached hydrogen (secondary N) is 1. The van der Waals surface area contributed by atoms with Gasteiger partial charge in [-0.05, 0) is 47.7 Å². The number of benzene rings is 2. The van der Waals surface area contributed by atoms with Crippen LogP contribution >= 0.6 is 23.4 Å². The van der Waals surface area contributed by atoms with Crippen molar-refractivity contribution >= 4 is 57.2 Å². The van der Waals surface area contributed by atoms with Crippen molar-refractivity contribution < 1.29 is 4.79 Å². The van der Waals surface area contributed by atoms with E-state index in [4.69, 9.17) is 11.6 Å². The van der Waals surface area contributed by atoms with E-state index < -0.39 is 0 Å². The minimum atomic E-state index is -0.166. The number of halogens is 1. The molecule has 2 aromatic carbocycles. The van der Waals surface area contributed by atoms with Gasteiger partial charge in [0, 0.05) is 7.05 Å². The standard InChI is InChI=1S/C18H13ClN4OS/c1-23-10-20-14-7-6-11(8-15(14)23)9-16-17(24)22-18(25-16)21-13-5-3-2-4-12(13)19/h2-10H,1H3,(H,21,22,24)/b16-9-. The van der Waals surface area contributed by atoms with Crippen LogP contribution in [0, 0.1) is 0 Å². The van der Waals surface area contributed by atoms with Crippen LogP contribution in [0.3, 0.4) is 0 Å². The van der Waals surface area contributed by atoms with Crippen molar-refractivity contribution in [2.75, 3.05) is 0 Å². The Morgan fingerprint density at radius 3 is 2.96 bits per heavy atom. The Morgan fingerprint density at radius 1 is 1.28 bits per heavy atom. The van der Waals surface area contributed by atoms with Gasteiger partial charge in [0.15, 0.2) is 5.17 Å². The third-order valence-electron chi connectivity index (χ3n) is 3.77. The van der Waals surface area contributed by atoms with Crippen LogP contribution in [0.2, 0.25) is 5.02 Å². The molecule has 1 aromatic heterocycles. The van der Waals surface area contributed by atoms with Crippen molar-refractivity contribution in [3.8, 4) is 0 Å². The third-order valence-corrected chi connectivity index (χ3v) is 5.00. The van der Waals surface area contributed by atoms with Gasteiger partial charge >= 0.3 is 0 Å². The average Bonchev–Trinajstić information content (AvgIpc) is 3.13. The lowest BCUT2D eigenvalue weighted by Crippen LogP contribution is -2.19. The predicted octanol–water partition coefficient (Wildman–Crippen LogP) is 4.12. The molecular formula is C18H13ClN4OS. The van der Waals surface area contributed by atoms with E-state index in [2.05, 4.69) is 15.3 Å². The van der Waals surface area contributed by atoms with Crippen LogP contribution in [0.1, 0.15) is 5.56 Å². The van der Waals surface area contributed by atoms with E-state index in [-0.39, 0.29) is 5.91 Å². The second kappa shape index (κ2) is 6.38. The number of imidazole rings is 1. The number of hydrogen-bond donors (Lipinski definition) is 1. The number of aliphatic imine (C=N–C) groups is 1. The van der Waals surface area contributed by atoms with Crippen molar-refractivity contribution in [2.24, 2.45) is 12.0 Å². The Bertz CT molecular complexity index is 1050. The van der Waals surface area contributed by atoms with Gasteiger partial charge in [0.05, 0.1) is 33.0 Å². The number of amidine groups is 1. The summed E-state index contributed by atoms with van der Waals surface area (Å²) in [7, 11) is 1.94. The van der Waals surface area contributed by atoms with Gasteiger partial charge in [-0.3, -0.25) is 4.79 Å². The SMILES string of the molecule is Cn1cnc2ccc(/C=C3\SC(=Nc4ccccc4Cl)NC3=O)cc21. The zero-order valence-electron chi connectivity index (χ0n) is 13.2. The summed E-state index contributed by atoms with van der Waals surface area (Å²) in [6.07, 6.45) is 3.62. The van der Waals surface area contributed by atoms with E-state index in [1.165, 1.54) is 11.8 Å². The lowest BCUT2D eigenvalue weighted by Gasteiger charge is -1.98. The number of nitrogens with zero attached hydrogens (tertiary/aromatic N) is 3. The molecule has 1 N–H and O–H groups in total. The molecule has 0 atom stereocenters. The van der Waals surface area contributed by atoms with Crippen LogP contribution in [0.4, 0.5) is 5.69 Å². The summed E-state index contributed by atoms with van der Waals surface area (Å²) in [5.74, 6) is -0.166.